The molecule has 0 aromatic carbocycles. The highest BCUT2D eigenvalue weighted by Gasteiger charge is 2.22. The monoisotopic (exact) mass is 263 g/mol. The molecule has 0 amide bonds. The number of aromatic nitrogens is 1. The average Bonchev–Trinajstić information content (AvgIpc) is 2.39. The zero-order valence-corrected chi connectivity index (χ0v) is 12.2. The largest absolute Gasteiger partial charge is 0.389 e. The number of anilines is 1. The Morgan fingerprint density at radius 3 is 2.68 bits per heavy atom. The van der Waals surface area contributed by atoms with Gasteiger partial charge in [-0.1, -0.05) is 6.07 Å². The summed E-state index contributed by atoms with van der Waals surface area (Å²) in [5.41, 5.74) is 0.938. The zero-order valence-electron chi connectivity index (χ0n) is 12.2. The number of piperidine rings is 1. The second kappa shape index (κ2) is 6.35. The molecule has 1 saturated heterocycles. The van der Waals surface area contributed by atoms with Crippen LogP contribution >= 0.6 is 0 Å². The summed E-state index contributed by atoms with van der Waals surface area (Å²) >= 11 is 0. The Balaban J connectivity index is 2.02. The molecule has 0 radical (unpaired) electrons. The van der Waals surface area contributed by atoms with Crippen molar-refractivity contribution >= 4 is 5.82 Å². The van der Waals surface area contributed by atoms with E-state index >= 15 is 0 Å². The van der Waals surface area contributed by atoms with Crippen molar-refractivity contribution in [2.24, 2.45) is 5.92 Å². The van der Waals surface area contributed by atoms with Gasteiger partial charge in [0, 0.05) is 31.4 Å². The molecule has 0 unspecified atom stereocenters. The van der Waals surface area contributed by atoms with Gasteiger partial charge < -0.3 is 14.9 Å². The van der Waals surface area contributed by atoms with Crippen LogP contribution in [0.2, 0.25) is 0 Å². The average molecular weight is 263 g/mol. The van der Waals surface area contributed by atoms with E-state index in [-0.39, 0.29) is 0 Å². The number of aliphatic hydroxyl groups is 1. The van der Waals surface area contributed by atoms with Crippen LogP contribution in [0.1, 0.15) is 31.4 Å². The van der Waals surface area contributed by atoms with Crippen molar-refractivity contribution in [1.82, 2.24) is 9.88 Å². The molecule has 0 bridgehead atoms. The first-order chi connectivity index (χ1) is 9.08. The Labute approximate surface area is 116 Å². The number of aliphatic hydroxyl groups excluding tert-OH is 1. The number of nitrogens with zero attached hydrogens (tertiary/aromatic N) is 3. The molecule has 19 heavy (non-hydrogen) atoms. The normalized spacial score (nSPS) is 18.9. The quantitative estimate of drug-likeness (QED) is 0.901. The lowest BCUT2D eigenvalue weighted by Crippen LogP contribution is -2.38. The molecule has 2 heterocycles. The summed E-state index contributed by atoms with van der Waals surface area (Å²) in [6.45, 7) is 5.04. The van der Waals surface area contributed by atoms with Crippen LogP contribution in [0.15, 0.2) is 18.3 Å². The Kier molecular flexibility index (Phi) is 4.77. The van der Waals surface area contributed by atoms with Crippen molar-refractivity contribution in [3.8, 4) is 0 Å². The summed E-state index contributed by atoms with van der Waals surface area (Å²) in [6.07, 6.45) is 3.76. The summed E-state index contributed by atoms with van der Waals surface area (Å²) in [4.78, 5) is 9.04. The molecule has 1 aromatic rings. The van der Waals surface area contributed by atoms with E-state index in [1.54, 1.807) is 6.92 Å². The molecule has 1 aliphatic heterocycles. The zero-order chi connectivity index (χ0) is 13.8. The summed E-state index contributed by atoms with van der Waals surface area (Å²) in [5.74, 6) is 1.74. The van der Waals surface area contributed by atoms with Crippen LogP contribution in [0.3, 0.4) is 0 Å². The highest BCUT2D eigenvalue weighted by molar-refractivity contribution is 5.48. The van der Waals surface area contributed by atoms with Crippen LogP contribution < -0.4 is 4.90 Å². The predicted molar refractivity (Wildman–Crippen MR) is 78.4 cm³/mol. The molecule has 0 saturated carbocycles. The lowest BCUT2D eigenvalue weighted by Gasteiger charge is -2.35. The molecular weight excluding hydrogens is 238 g/mol. The van der Waals surface area contributed by atoms with Crippen molar-refractivity contribution in [3.63, 3.8) is 0 Å². The van der Waals surface area contributed by atoms with Gasteiger partial charge in [0.2, 0.25) is 0 Å². The Bertz CT molecular complexity index is 398. The maximum atomic E-state index is 9.83. The lowest BCUT2D eigenvalue weighted by atomic mass is 9.96. The van der Waals surface area contributed by atoms with E-state index in [1.807, 2.05) is 18.3 Å². The number of hydrogen-bond donors (Lipinski definition) is 1. The molecule has 106 valence electrons. The van der Waals surface area contributed by atoms with Gasteiger partial charge in [0.1, 0.15) is 5.82 Å². The maximum absolute atomic E-state index is 9.83. The predicted octanol–water partition coefficient (Wildman–Crippen LogP) is 1.91. The first kappa shape index (κ1) is 14.3. The van der Waals surface area contributed by atoms with Gasteiger partial charge in [0.15, 0.2) is 0 Å². The van der Waals surface area contributed by atoms with Gasteiger partial charge in [-0.15, -0.1) is 0 Å². The van der Waals surface area contributed by atoms with E-state index in [4.69, 9.17) is 0 Å². The lowest BCUT2D eigenvalue weighted by molar-refractivity contribution is 0.199. The van der Waals surface area contributed by atoms with Crippen molar-refractivity contribution < 1.29 is 5.11 Å². The van der Waals surface area contributed by atoms with Gasteiger partial charge in [0.25, 0.3) is 0 Å². The smallest absolute Gasteiger partial charge is 0.134 e. The van der Waals surface area contributed by atoms with Crippen molar-refractivity contribution in [2.45, 2.75) is 25.9 Å². The third kappa shape index (κ3) is 3.67. The van der Waals surface area contributed by atoms with E-state index in [0.717, 1.165) is 30.4 Å². The third-order valence-electron chi connectivity index (χ3n) is 3.80. The van der Waals surface area contributed by atoms with Crippen LogP contribution in [0, 0.1) is 5.92 Å². The minimum absolute atomic E-state index is 0.455. The molecule has 2 rings (SSSR count). The summed E-state index contributed by atoms with van der Waals surface area (Å²) in [7, 11) is 4.27. The van der Waals surface area contributed by atoms with E-state index in [9.17, 15) is 5.11 Å². The van der Waals surface area contributed by atoms with Crippen molar-refractivity contribution in [2.75, 3.05) is 38.6 Å². The Hall–Kier alpha value is -1.13. The fourth-order valence-electron chi connectivity index (χ4n) is 2.84. The molecule has 1 fully saturated rings. The van der Waals surface area contributed by atoms with Crippen LogP contribution in [-0.2, 0) is 0 Å². The van der Waals surface area contributed by atoms with Gasteiger partial charge in [-0.2, -0.15) is 0 Å². The van der Waals surface area contributed by atoms with E-state index in [0.29, 0.717) is 0 Å². The van der Waals surface area contributed by atoms with Crippen molar-refractivity contribution in [3.05, 3.63) is 23.9 Å². The fraction of sp³-hybridized carbons (Fsp3) is 0.667. The number of hydrogen-bond acceptors (Lipinski definition) is 4. The molecule has 1 aliphatic rings. The van der Waals surface area contributed by atoms with E-state index in [1.165, 1.54) is 19.4 Å². The second-order valence-corrected chi connectivity index (χ2v) is 5.78. The SMILES string of the molecule is C[C@H](O)c1cccnc1N1CCC(CN(C)C)CC1. The second-order valence-electron chi connectivity index (χ2n) is 5.78. The fourth-order valence-corrected chi connectivity index (χ4v) is 2.84. The van der Waals surface area contributed by atoms with Crippen LogP contribution in [-0.4, -0.2) is 48.7 Å². The summed E-state index contributed by atoms with van der Waals surface area (Å²) < 4.78 is 0. The van der Waals surface area contributed by atoms with E-state index < -0.39 is 6.10 Å². The van der Waals surface area contributed by atoms with E-state index in [2.05, 4.69) is 28.9 Å². The van der Waals surface area contributed by atoms with Gasteiger partial charge in [-0.05, 0) is 45.8 Å². The minimum Gasteiger partial charge on any atom is -0.389 e. The molecule has 4 nitrogen and oxygen atoms in total. The van der Waals surface area contributed by atoms with Crippen LogP contribution in [0.5, 0.6) is 0 Å². The van der Waals surface area contributed by atoms with Gasteiger partial charge in [-0.25, -0.2) is 4.98 Å². The van der Waals surface area contributed by atoms with Gasteiger partial charge in [0.05, 0.1) is 6.10 Å². The molecule has 0 spiro atoms. The Morgan fingerprint density at radius 2 is 2.11 bits per heavy atom. The molecule has 0 aliphatic carbocycles. The summed E-state index contributed by atoms with van der Waals surface area (Å²) in [6, 6.07) is 3.86. The molecular formula is C15H25N3O. The van der Waals surface area contributed by atoms with Gasteiger partial charge >= 0.3 is 0 Å². The maximum Gasteiger partial charge on any atom is 0.134 e. The standard InChI is InChI=1S/C15H25N3O/c1-12(19)14-5-4-8-16-15(14)18-9-6-13(7-10-18)11-17(2)3/h4-5,8,12-13,19H,6-7,9-11H2,1-3H3/t12-/m0/s1. The number of rotatable bonds is 4. The third-order valence-corrected chi connectivity index (χ3v) is 3.80. The van der Waals surface area contributed by atoms with Crippen LogP contribution in [0.4, 0.5) is 5.82 Å². The number of pyridine rings is 1. The van der Waals surface area contributed by atoms with Crippen molar-refractivity contribution in [1.29, 1.82) is 0 Å². The minimum atomic E-state index is -0.455. The Morgan fingerprint density at radius 1 is 1.42 bits per heavy atom. The molecule has 1 N–H and O–H groups in total. The highest BCUT2D eigenvalue weighted by atomic mass is 16.3. The van der Waals surface area contributed by atoms with Crippen LogP contribution in [0.25, 0.3) is 0 Å². The highest BCUT2D eigenvalue weighted by Crippen LogP contribution is 2.27. The summed E-state index contributed by atoms with van der Waals surface area (Å²) in [5, 5.41) is 9.83. The molecule has 1 aromatic heterocycles. The first-order valence-electron chi connectivity index (χ1n) is 7.10. The van der Waals surface area contributed by atoms with Gasteiger partial charge in [-0.3, -0.25) is 0 Å². The molecule has 1 atom stereocenters. The topological polar surface area (TPSA) is 39.6 Å². The first-order valence-corrected chi connectivity index (χ1v) is 7.10. The molecule has 4 heteroatoms.